The molecule has 0 aromatic heterocycles. The first-order valence-electron chi connectivity index (χ1n) is 5.76. The summed E-state index contributed by atoms with van der Waals surface area (Å²) in [5.41, 5.74) is 0.492. The van der Waals surface area contributed by atoms with Crippen LogP contribution in [0.5, 0.6) is 0 Å². The molecule has 1 aliphatic heterocycles. The molecule has 0 bridgehead atoms. The van der Waals surface area contributed by atoms with E-state index in [0.717, 1.165) is 31.9 Å². The largest absolute Gasteiger partial charge is 0.380 e. The van der Waals surface area contributed by atoms with Crippen LogP contribution in [0, 0.1) is 17.0 Å². The van der Waals surface area contributed by atoms with E-state index in [1.807, 2.05) is 6.92 Å². The van der Waals surface area contributed by atoms with Crippen LogP contribution in [0.15, 0.2) is 18.2 Å². The van der Waals surface area contributed by atoms with Gasteiger partial charge in [0.25, 0.3) is 0 Å². The summed E-state index contributed by atoms with van der Waals surface area (Å²) in [7, 11) is 0. The molecule has 2 nitrogen and oxygen atoms in total. The van der Waals surface area contributed by atoms with E-state index in [9.17, 15) is 8.78 Å². The molecule has 1 heterocycles. The van der Waals surface area contributed by atoms with E-state index in [1.54, 1.807) is 0 Å². The van der Waals surface area contributed by atoms with Crippen LogP contribution in [0.4, 0.5) is 8.78 Å². The highest BCUT2D eigenvalue weighted by molar-refractivity contribution is 5.21. The zero-order valence-corrected chi connectivity index (χ0v) is 10.1. The fourth-order valence-corrected chi connectivity index (χ4v) is 1.91. The molecule has 1 unspecified atom stereocenters. The van der Waals surface area contributed by atoms with E-state index in [4.69, 9.17) is 4.74 Å². The lowest BCUT2D eigenvalue weighted by Gasteiger charge is -2.39. The van der Waals surface area contributed by atoms with Gasteiger partial charge in [0.15, 0.2) is 0 Å². The van der Waals surface area contributed by atoms with Crippen LogP contribution in [-0.2, 0) is 4.74 Å². The third-order valence-electron chi connectivity index (χ3n) is 3.16. The Morgan fingerprint density at radius 3 is 2.71 bits per heavy atom. The minimum absolute atomic E-state index is 0.123. The molecule has 1 aliphatic rings. The minimum atomic E-state index is -0.409. The van der Waals surface area contributed by atoms with Crippen molar-refractivity contribution >= 4 is 0 Å². The average molecular weight is 241 g/mol. The third-order valence-corrected chi connectivity index (χ3v) is 3.16. The first kappa shape index (κ1) is 12.5. The Hall–Kier alpha value is -1.00. The second-order valence-corrected chi connectivity index (χ2v) is 5.07. The molecule has 1 N–H and O–H groups in total. The summed E-state index contributed by atoms with van der Waals surface area (Å²) >= 11 is 0. The van der Waals surface area contributed by atoms with E-state index >= 15 is 0 Å². The molecule has 17 heavy (non-hydrogen) atoms. The monoisotopic (exact) mass is 241 g/mol. The van der Waals surface area contributed by atoms with Crippen LogP contribution in [0.25, 0.3) is 0 Å². The second-order valence-electron chi connectivity index (χ2n) is 5.07. The normalized spacial score (nSPS) is 19.8. The first-order chi connectivity index (χ1) is 8.00. The summed E-state index contributed by atoms with van der Waals surface area (Å²) in [4.78, 5) is 0. The molecule has 0 radical (unpaired) electrons. The zero-order valence-electron chi connectivity index (χ0n) is 10.1. The molecule has 1 aromatic rings. The van der Waals surface area contributed by atoms with Crippen LogP contribution < -0.4 is 5.32 Å². The number of benzene rings is 1. The highest BCUT2D eigenvalue weighted by atomic mass is 19.1. The number of hydrogen-bond acceptors (Lipinski definition) is 2. The van der Waals surface area contributed by atoms with Crippen LogP contribution in [0.1, 0.15) is 25.5 Å². The number of rotatable bonds is 4. The Morgan fingerprint density at radius 1 is 1.41 bits per heavy atom. The van der Waals surface area contributed by atoms with E-state index in [-0.39, 0.29) is 17.3 Å². The zero-order chi connectivity index (χ0) is 12.5. The molecule has 0 saturated carbocycles. The van der Waals surface area contributed by atoms with Crippen molar-refractivity contribution in [1.29, 1.82) is 0 Å². The van der Waals surface area contributed by atoms with Gasteiger partial charge in [-0.1, -0.05) is 6.92 Å². The number of hydrogen-bond donors (Lipinski definition) is 1. The summed E-state index contributed by atoms with van der Waals surface area (Å²) in [5, 5.41) is 3.22. The van der Waals surface area contributed by atoms with Crippen molar-refractivity contribution in [3.63, 3.8) is 0 Å². The van der Waals surface area contributed by atoms with Gasteiger partial charge in [0.1, 0.15) is 11.6 Å². The number of ether oxygens (including phenoxy) is 1. The summed E-state index contributed by atoms with van der Waals surface area (Å²) in [5.74, 6) is -0.783. The maximum absolute atomic E-state index is 13.5. The molecule has 0 aliphatic carbocycles. The van der Waals surface area contributed by atoms with Gasteiger partial charge in [-0.05, 0) is 25.1 Å². The molecule has 1 atom stereocenters. The van der Waals surface area contributed by atoms with Crippen molar-refractivity contribution < 1.29 is 13.5 Å². The minimum Gasteiger partial charge on any atom is -0.380 e. The van der Waals surface area contributed by atoms with Gasteiger partial charge in [-0.2, -0.15) is 0 Å². The topological polar surface area (TPSA) is 21.3 Å². The van der Waals surface area contributed by atoms with Crippen LogP contribution in [0.3, 0.4) is 0 Å². The number of halogens is 2. The lowest BCUT2D eigenvalue weighted by atomic mass is 9.88. The molecule has 4 heteroatoms. The standard InChI is InChI=1S/C13H17F2NO/c1-9(16-6-13(2)7-17-8-13)11-5-10(14)3-4-12(11)15/h3-5,9,16H,6-8H2,1-2H3. The Bertz CT molecular complexity index is 404. The van der Waals surface area contributed by atoms with E-state index in [1.165, 1.54) is 6.07 Å². The van der Waals surface area contributed by atoms with Gasteiger partial charge in [0.05, 0.1) is 13.2 Å². The van der Waals surface area contributed by atoms with Gasteiger partial charge < -0.3 is 10.1 Å². The first-order valence-corrected chi connectivity index (χ1v) is 5.76. The third kappa shape index (κ3) is 2.82. The smallest absolute Gasteiger partial charge is 0.128 e. The predicted octanol–water partition coefficient (Wildman–Crippen LogP) is 2.65. The van der Waals surface area contributed by atoms with Gasteiger partial charge in [-0.25, -0.2) is 8.78 Å². The van der Waals surface area contributed by atoms with Crippen LogP contribution >= 0.6 is 0 Å². The van der Waals surface area contributed by atoms with E-state index in [0.29, 0.717) is 5.56 Å². The average Bonchev–Trinajstić information content (AvgIpc) is 2.26. The van der Waals surface area contributed by atoms with Crippen molar-refractivity contribution in [2.75, 3.05) is 19.8 Å². The Labute approximate surface area is 100.0 Å². The number of nitrogens with one attached hydrogen (secondary N) is 1. The SMILES string of the molecule is CC(NCC1(C)COC1)c1cc(F)ccc1F. The van der Waals surface area contributed by atoms with Gasteiger partial charge in [-0.3, -0.25) is 0 Å². The van der Waals surface area contributed by atoms with Gasteiger partial charge in [-0.15, -0.1) is 0 Å². The maximum Gasteiger partial charge on any atom is 0.128 e. The van der Waals surface area contributed by atoms with Crippen molar-refractivity contribution in [3.8, 4) is 0 Å². The lowest BCUT2D eigenvalue weighted by Crippen LogP contribution is -2.47. The highest BCUT2D eigenvalue weighted by Gasteiger charge is 2.33. The van der Waals surface area contributed by atoms with Crippen LogP contribution in [0.2, 0.25) is 0 Å². The molecule has 2 rings (SSSR count). The molecule has 1 aromatic carbocycles. The van der Waals surface area contributed by atoms with Crippen molar-refractivity contribution in [1.82, 2.24) is 5.32 Å². The fraction of sp³-hybridized carbons (Fsp3) is 0.538. The lowest BCUT2D eigenvalue weighted by molar-refractivity contribution is -0.0999. The maximum atomic E-state index is 13.5. The molecule has 0 amide bonds. The Balaban J connectivity index is 1.99. The van der Waals surface area contributed by atoms with Gasteiger partial charge in [0, 0.05) is 23.6 Å². The van der Waals surface area contributed by atoms with Crippen molar-refractivity contribution in [2.45, 2.75) is 19.9 Å². The Kier molecular flexibility index (Phi) is 3.45. The van der Waals surface area contributed by atoms with E-state index in [2.05, 4.69) is 12.2 Å². The van der Waals surface area contributed by atoms with Crippen molar-refractivity contribution in [2.24, 2.45) is 5.41 Å². The Morgan fingerprint density at radius 2 is 2.12 bits per heavy atom. The van der Waals surface area contributed by atoms with Crippen molar-refractivity contribution in [3.05, 3.63) is 35.4 Å². The quantitative estimate of drug-likeness (QED) is 0.875. The molecular weight excluding hydrogens is 224 g/mol. The second kappa shape index (κ2) is 4.70. The van der Waals surface area contributed by atoms with Gasteiger partial charge >= 0.3 is 0 Å². The summed E-state index contributed by atoms with van der Waals surface area (Å²) < 4.78 is 31.7. The van der Waals surface area contributed by atoms with E-state index < -0.39 is 5.82 Å². The summed E-state index contributed by atoms with van der Waals surface area (Å²) in [6.07, 6.45) is 0. The molecular formula is C13H17F2NO. The molecule has 1 fully saturated rings. The summed E-state index contributed by atoms with van der Waals surface area (Å²) in [6, 6.07) is 3.33. The highest BCUT2D eigenvalue weighted by Crippen LogP contribution is 2.27. The molecule has 94 valence electrons. The predicted molar refractivity (Wildman–Crippen MR) is 61.7 cm³/mol. The molecule has 1 saturated heterocycles. The van der Waals surface area contributed by atoms with Gasteiger partial charge in [0.2, 0.25) is 0 Å². The van der Waals surface area contributed by atoms with Crippen LogP contribution in [-0.4, -0.2) is 19.8 Å². The molecule has 0 spiro atoms. The summed E-state index contributed by atoms with van der Waals surface area (Å²) in [6.45, 7) is 6.12. The fourth-order valence-electron chi connectivity index (χ4n) is 1.91.